The molecule has 106 valence electrons. The van der Waals surface area contributed by atoms with Crippen LogP contribution in [-0.2, 0) is 10.0 Å². The van der Waals surface area contributed by atoms with Crippen LogP contribution in [0.5, 0.6) is 0 Å². The molecule has 3 nitrogen and oxygen atoms in total. The van der Waals surface area contributed by atoms with Crippen LogP contribution in [-0.4, -0.2) is 32.1 Å². The van der Waals surface area contributed by atoms with Gasteiger partial charge in [0.25, 0.3) is 0 Å². The predicted octanol–water partition coefficient (Wildman–Crippen LogP) is 2.95. The minimum absolute atomic E-state index is 0.335. The molecule has 0 saturated carbocycles. The Morgan fingerprint density at radius 3 is 2.68 bits per heavy atom. The fourth-order valence-corrected chi connectivity index (χ4v) is 3.60. The summed E-state index contributed by atoms with van der Waals surface area (Å²) in [7, 11) is -3.06. The maximum absolute atomic E-state index is 11.7. The fraction of sp³-hybridized carbons (Fsp3) is 0.600. The molecule has 1 aliphatic heterocycles. The van der Waals surface area contributed by atoms with Crippen LogP contribution in [0.4, 0.5) is 0 Å². The van der Waals surface area contributed by atoms with Crippen molar-refractivity contribution < 1.29 is 8.42 Å². The lowest BCUT2D eigenvalue weighted by atomic mass is 9.89. The Bertz CT molecular complexity index is 537. The molecule has 1 heterocycles. The minimum atomic E-state index is -3.06. The van der Waals surface area contributed by atoms with Crippen molar-refractivity contribution in [3.05, 3.63) is 35.4 Å². The van der Waals surface area contributed by atoms with E-state index in [-0.39, 0.29) is 0 Å². The van der Waals surface area contributed by atoms with Crippen molar-refractivity contribution in [2.24, 2.45) is 0 Å². The van der Waals surface area contributed by atoms with Gasteiger partial charge in [-0.05, 0) is 35.8 Å². The molecule has 19 heavy (non-hydrogen) atoms. The van der Waals surface area contributed by atoms with E-state index >= 15 is 0 Å². The molecular formula is C15H23NO2S. The van der Waals surface area contributed by atoms with Gasteiger partial charge in [-0.2, -0.15) is 0 Å². The van der Waals surface area contributed by atoms with E-state index in [9.17, 15) is 8.42 Å². The molecule has 0 spiro atoms. The van der Waals surface area contributed by atoms with E-state index in [0.717, 1.165) is 12.8 Å². The van der Waals surface area contributed by atoms with Gasteiger partial charge in [0.15, 0.2) is 0 Å². The Hall–Kier alpha value is -0.870. The van der Waals surface area contributed by atoms with Crippen LogP contribution in [0.2, 0.25) is 0 Å². The maximum atomic E-state index is 11.7. The molecule has 0 amide bonds. The number of benzene rings is 1. The Labute approximate surface area is 116 Å². The van der Waals surface area contributed by atoms with Gasteiger partial charge in [0.1, 0.15) is 0 Å². The van der Waals surface area contributed by atoms with Crippen LogP contribution < -0.4 is 0 Å². The number of piperidine rings is 1. The van der Waals surface area contributed by atoms with E-state index in [4.69, 9.17) is 0 Å². The van der Waals surface area contributed by atoms with Gasteiger partial charge in [0, 0.05) is 13.1 Å². The van der Waals surface area contributed by atoms with Gasteiger partial charge in [-0.15, -0.1) is 0 Å². The highest BCUT2D eigenvalue weighted by Gasteiger charge is 2.26. The largest absolute Gasteiger partial charge is 0.213 e. The summed E-state index contributed by atoms with van der Waals surface area (Å²) >= 11 is 0. The third-order valence-electron chi connectivity index (χ3n) is 3.90. The lowest BCUT2D eigenvalue weighted by Gasteiger charge is -2.31. The second kappa shape index (κ2) is 5.63. The quantitative estimate of drug-likeness (QED) is 0.854. The molecule has 1 unspecified atom stereocenters. The van der Waals surface area contributed by atoms with Crippen molar-refractivity contribution in [1.29, 1.82) is 0 Å². The number of rotatable bonds is 3. The molecule has 0 radical (unpaired) electrons. The highest BCUT2D eigenvalue weighted by molar-refractivity contribution is 7.88. The Morgan fingerprint density at radius 2 is 2.05 bits per heavy atom. The van der Waals surface area contributed by atoms with Crippen molar-refractivity contribution in [3.8, 4) is 0 Å². The lowest BCUT2D eigenvalue weighted by Crippen LogP contribution is -2.38. The van der Waals surface area contributed by atoms with Crippen molar-refractivity contribution in [1.82, 2.24) is 4.31 Å². The molecular weight excluding hydrogens is 258 g/mol. The summed E-state index contributed by atoms with van der Waals surface area (Å²) in [5.74, 6) is 0.844. The average molecular weight is 281 g/mol. The van der Waals surface area contributed by atoms with Crippen molar-refractivity contribution in [2.75, 3.05) is 19.3 Å². The van der Waals surface area contributed by atoms with Gasteiger partial charge < -0.3 is 0 Å². The molecule has 1 atom stereocenters. The molecule has 1 fully saturated rings. The summed E-state index contributed by atoms with van der Waals surface area (Å²) in [6, 6.07) is 8.60. The summed E-state index contributed by atoms with van der Waals surface area (Å²) in [5.41, 5.74) is 2.61. The summed E-state index contributed by atoms with van der Waals surface area (Å²) < 4.78 is 24.9. The van der Waals surface area contributed by atoms with Gasteiger partial charge in [-0.3, -0.25) is 0 Å². The van der Waals surface area contributed by atoms with Gasteiger partial charge in [0.05, 0.1) is 6.26 Å². The van der Waals surface area contributed by atoms with E-state index in [1.54, 1.807) is 4.31 Å². The van der Waals surface area contributed by atoms with E-state index in [2.05, 4.69) is 38.1 Å². The van der Waals surface area contributed by atoms with Crippen LogP contribution >= 0.6 is 0 Å². The average Bonchev–Trinajstić information content (AvgIpc) is 2.38. The highest BCUT2D eigenvalue weighted by Crippen LogP contribution is 2.29. The normalized spacial score (nSPS) is 21.8. The number of sulfonamides is 1. The summed E-state index contributed by atoms with van der Waals surface area (Å²) in [5, 5.41) is 0. The lowest BCUT2D eigenvalue weighted by molar-refractivity contribution is 0.317. The first-order valence-electron chi connectivity index (χ1n) is 6.93. The minimum Gasteiger partial charge on any atom is -0.213 e. The first kappa shape index (κ1) is 14.5. The molecule has 0 aliphatic carbocycles. The molecule has 1 aromatic rings. The molecule has 4 heteroatoms. The summed E-state index contributed by atoms with van der Waals surface area (Å²) in [6.07, 6.45) is 3.33. The first-order valence-corrected chi connectivity index (χ1v) is 8.77. The van der Waals surface area contributed by atoms with E-state index in [1.807, 2.05) is 0 Å². The van der Waals surface area contributed by atoms with Crippen LogP contribution in [0.1, 0.15) is 49.7 Å². The maximum Gasteiger partial charge on any atom is 0.211 e. The number of nitrogens with zero attached hydrogens (tertiary/aromatic N) is 1. The van der Waals surface area contributed by atoms with Crippen molar-refractivity contribution in [3.63, 3.8) is 0 Å². The standard InChI is InChI=1S/C15H23NO2S/c1-12(2)13-6-4-7-14(10-13)15-8-5-9-16(11-15)19(3,17)18/h4,6-7,10,12,15H,5,8-9,11H2,1-3H3. The topological polar surface area (TPSA) is 37.4 Å². The number of hydrogen-bond acceptors (Lipinski definition) is 2. The zero-order chi connectivity index (χ0) is 14.0. The fourth-order valence-electron chi connectivity index (χ4n) is 2.69. The van der Waals surface area contributed by atoms with Gasteiger partial charge in [0.2, 0.25) is 10.0 Å². The molecule has 0 N–H and O–H groups in total. The third kappa shape index (κ3) is 3.57. The SMILES string of the molecule is CC(C)c1cccc(C2CCCN(S(C)(=O)=O)C2)c1. The molecule has 2 rings (SSSR count). The summed E-state index contributed by atoms with van der Waals surface area (Å²) in [6.45, 7) is 5.66. The monoisotopic (exact) mass is 281 g/mol. The third-order valence-corrected chi connectivity index (χ3v) is 5.17. The van der Waals surface area contributed by atoms with E-state index in [0.29, 0.717) is 24.9 Å². The van der Waals surface area contributed by atoms with E-state index in [1.165, 1.54) is 17.4 Å². The molecule has 0 bridgehead atoms. The zero-order valence-corrected chi connectivity index (χ0v) is 12.8. The second-order valence-electron chi connectivity index (χ2n) is 5.78. The van der Waals surface area contributed by atoms with Crippen molar-refractivity contribution >= 4 is 10.0 Å². The van der Waals surface area contributed by atoms with Crippen molar-refractivity contribution in [2.45, 2.75) is 38.5 Å². The molecule has 0 aromatic heterocycles. The van der Waals surface area contributed by atoms with Crippen LogP contribution in [0.25, 0.3) is 0 Å². The zero-order valence-electron chi connectivity index (χ0n) is 12.0. The van der Waals surface area contributed by atoms with E-state index < -0.39 is 10.0 Å². The smallest absolute Gasteiger partial charge is 0.211 e. The number of hydrogen-bond donors (Lipinski definition) is 0. The van der Waals surface area contributed by atoms with Gasteiger partial charge >= 0.3 is 0 Å². The van der Waals surface area contributed by atoms with Gasteiger partial charge in [-0.1, -0.05) is 38.1 Å². The molecule has 1 aromatic carbocycles. The van der Waals surface area contributed by atoms with Crippen LogP contribution in [0.3, 0.4) is 0 Å². The van der Waals surface area contributed by atoms with Gasteiger partial charge in [-0.25, -0.2) is 12.7 Å². The Balaban J connectivity index is 2.20. The van der Waals surface area contributed by atoms with Crippen LogP contribution in [0.15, 0.2) is 24.3 Å². The Kier molecular flexibility index (Phi) is 4.31. The highest BCUT2D eigenvalue weighted by atomic mass is 32.2. The summed E-state index contributed by atoms with van der Waals surface area (Å²) in [4.78, 5) is 0. The Morgan fingerprint density at radius 1 is 1.32 bits per heavy atom. The predicted molar refractivity (Wildman–Crippen MR) is 78.9 cm³/mol. The molecule has 1 saturated heterocycles. The first-order chi connectivity index (χ1) is 8.88. The second-order valence-corrected chi connectivity index (χ2v) is 7.77. The van der Waals surface area contributed by atoms with Crippen LogP contribution in [0, 0.1) is 0 Å². The molecule has 1 aliphatic rings.